The van der Waals surface area contributed by atoms with Gasteiger partial charge in [0.05, 0.1) is 19.0 Å². The van der Waals surface area contributed by atoms with Crippen molar-refractivity contribution in [2.75, 3.05) is 19.6 Å². The Bertz CT molecular complexity index is 1130. The van der Waals surface area contributed by atoms with Crippen LogP contribution >= 0.6 is 22.7 Å². The molecule has 0 fully saturated rings. The summed E-state index contributed by atoms with van der Waals surface area (Å²) in [6.45, 7) is 10.2. The molecule has 1 aliphatic heterocycles. The summed E-state index contributed by atoms with van der Waals surface area (Å²) in [6, 6.07) is 14.8. The minimum atomic E-state index is -0.105. The molecule has 0 spiro atoms. The van der Waals surface area contributed by atoms with Crippen molar-refractivity contribution in [1.82, 2.24) is 9.80 Å². The van der Waals surface area contributed by atoms with E-state index in [1.165, 1.54) is 16.0 Å². The quantitative estimate of drug-likeness (QED) is 0.351. The lowest BCUT2D eigenvalue weighted by molar-refractivity contribution is -0.141. The van der Waals surface area contributed by atoms with Gasteiger partial charge in [-0.3, -0.25) is 9.59 Å². The smallest absolute Gasteiger partial charge is 0.242 e. The highest BCUT2D eigenvalue weighted by Crippen LogP contribution is 2.38. The molecule has 4 nitrogen and oxygen atoms in total. The van der Waals surface area contributed by atoms with E-state index in [0.717, 1.165) is 29.7 Å². The predicted octanol–water partition coefficient (Wildman–Crippen LogP) is 6.45. The Labute approximate surface area is 217 Å². The van der Waals surface area contributed by atoms with Gasteiger partial charge in [0.2, 0.25) is 11.8 Å². The zero-order valence-corrected chi connectivity index (χ0v) is 22.9. The molecular formula is C29H36N2O2S2. The highest BCUT2D eigenvalue weighted by Gasteiger charge is 2.34. The third-order valence-electron chi connectivity index (χ3n) is 6.74. The first-order valence-electron chi connectivity index (χ1n) is 12.5. The maximum absolute atomic E-state index is 13.8. The van der Waals surface area contributed by atoms with Gasteiger partial charge < -0.3 is 9.80 Å². The fourth-order valence-corrected chi connectivity index (χ4v) is 6.28. The van der Waals surface area contributed by atoms with Gasteiger partial charge >= 0.3 is 0 Å². The summed E-state index contributed by atoms with van der Waals surface area (Å²) in [5.74, 6) is 0.0657. The van der Waals surface area contributed by atoms with Gasteiger partial charge in [-0.25, -0.2) is 0 Å². The number of fused-ring (bicyclic) bond motifs is 1. The first-order valence-corrected chi connectivity index (χ1v) is 14.3. The summed E-state index contributed by atoms with van der Waals surface area (Å²) in [6.07, 6.45) is 3.12. The lowest BCUT2D eigenvalue weighted by Crippen LogP contribution is -2.47. The Hall–Kier alpha value is -2.44. The van der Waals surface area contributed by atoms with Crippen molar-refractivity contribution >= 4 is 34.5 Å². The number of unbranched alkanes of at least 4 members (excludes halogenated alkanes) is 1. The van der Waals surface area contributed by atoms with Gasteiger partial charge in [0.1, 0.15) is 0 Å². The molecule has 0 bridgehead atoms. The fraction of sp³-hybridized carbons (Fsp3) is 0.448. The van der Waals surface area contributed by atoms with E-state index in [1.54, 1.807) is 27.6 Å². The van der Waals surface area contributed by atoms with Crippen molar-refractivity contribution < 1.29 is 9.59 Å². The van der Waals surface area contributed by atoms with Crippen molar-refractivity contribution in [2.45, 2.75) is 64.8 Å². The van der Waals surface area contributed by atoms with Crippen LogP contribution in [0.3, 0.4) is 0 Å². The molecule has 0 aliphatic carbocycles. The molecule has 0 saturated carbocycles. The van der Waals surface area contributed by atoms with Crippen molar-refractivity contribution in [1.29, 1.82) is 0 Å². The zero-order chi connectivity index (χ0) is 25.0. The molecule has 0 N–H and O–H groups in total. The van der Waals surface area contributed by atoms with E-state index in [4.69, 9.17) is 0 Å². The number of carbonyl (C=O) groups is 2. The number of hydrogen-bond donors (Lipinski definition) is 0. The van der Waals surface area contributed by atoms with Crippen LogP contribution in [0.4, 0.5) is 0 Å². The van der Waals surface area contributed by atoms with Gasteiger partial charge in [-0.05, 0) is 57.8 Å². The second-order valence-corrected chi connectivity index (χ2v) is 12.4. The molecule has 0 radical (unpaired) electrons. The standard InChI is InChI=1S/C29H36N2O2S2/c1-5-6-15-30(26(32)19-23-8-7-17-34-23)20-27(33)31-16-13-25-24(14-18-35-25)28(31)21-9-11-22(12-10-21)29(2,3)4/h7-12,14,17-18,28H,5-6,13,15-16,19-20H2,1-4H3. The lowest BCUT2D eigenvalue weighted by Gasteiger charge is -2.38. The Balaban J connectivity index is 1.58. The van der Waals surface area contributed by atoms with Crippen molar-refractivity contribution in [2.24, 2.45) is 0 Å². The van der Waals surface area contributed by atoms with E-state index in [1.807, 2.05) is 22.4 Å². The SMILES string of the molecule is CCCCN(CC(=O)N1CCc2sccc2C1c1ccc(C(C)(C)C)cc1)C(=O)Cc1cccs1. The zero-order valence-electron chi connectivity index (χ0n) is 21.3. The molecular weight excluding hydrogens is 472 g/mol. The molecule has 2 amide bonds. The van der Waals surface area contributed by atoms with E-state index in [2.05, 4.69) is 63.4 Å². The first-order chi connectivity index (χ1) is 16.8. The molecule has 1 aliphatic rings. The van der Waals surface area contributed by atoms with Gasteiger partial charge in [0, 0.05) is 22.8 Å². The van der Waals surface area contributed by atoms with Gasteiger partial charge in [0.25, 0.3) is 0 Å². The average molecular weight is 509 g/mol. The molecule has 3 aromatic rings. The van der Waals surface area contributed by atoms with Crippen LogP contribution in [0.2, 0.25) is 0 Å². The van der Waals surface area contributed by atoms with Gasteiger partial charge in [-0.2, -0.15) is 0 Å². The number of carbonyl (C=O) groups excluding carboxylic acids is 2. The molecule has 3 heterocycles. The third kappa shape index (κ3) is 6.04. The van der Waals surface area contributed by atoms with Crippen LogP contribution in [0, 0.1) is 0 Å². The maximum atomic E-state index is 13.8. The van der Waals surface area contributed by atoms with E-state index in [0.29, 0.717) is 19.5 Å². The second kappa shape index (κ2) is 11.1. The number of benzene rings is 1. The Morgan fingerprint density at radius 2 is 1.83 bits per heavy atom. The number of hydrogen-bond acceptors (Lipinski definition) is 4. The van der Waals surface area contributed by atoms with E-state index < -0.39 is 0 Å². The van der Waals surface area contributed by atoms with Crippen LogP contribution < -0.4 is 0 Å². The number of rotatable bonds is 8. The Morgan fingerprint density at radius 1 is 1.06 bits per heavy atom. The molecule has 1 aromatic carbocycles. The highest BCUT2D eigenvalue weighted by molar-refractivity contribution is 7.10. The predicted molar refractivity (Wildman–Crippen MR) is 146 cm³/mol. The van der Waals surface area contributed by atoms with Crippen LogP contribution in [-0.4, -0.2) is 41.2 Å². The molecule has 4 rings (SSSR count). The fourth-order valence-electron chi connectivity index (χ4n) is 4.68. The summed E-state index contributed by atoms with van der Waals surface area (Å²) in [7, 11) is 0. The summed E-state index contributed by atoms with van der Waals surface area (Å²) >= 11 is 3.37. The molecule has 0 saturated heterocycles. The highest BCUT2D eigenvalue weighted by atomic mass is 32.1. The van der Waals surface area contributed by atoms with Crippen LogP contribution in [0.25, 0.3) is 0 Å². The lowest BCUT2D eigenvalue weighted by atomic mass is 9.85. The first kappa shape index (κ1) is 25.6. The topological polar surface area (TPSA) is 40.6 Å². The summed E-state index contributed by atoms with van der Waals surface area (Å²) in [5, 5.41) is 4.12. The number of amides is 2. The normalized spacial score (nSPS) is 15.7. The molecule has 1 atom stereocenters. The summed E-state index contributed by atoms with van der Waals surface area (Å²) in [5.41, 5.74) is 3.72. The molecule has 35 heavy (non-hydrogen) atoms. The average Bonchev–Trinajstić information content (AvgIpc) is 3.52. The molecule has 1 unspecified atom stereocenters. The van der Waals surface area contributed by atoms with E-state index in [9.17, 15) is 9.59 Å². The minimum absolute atomic E-state index is 0.0300. The van der Waals surface area contributed by atoms with Gasteiger partial charge in [-0.15, -0.1) is 22.7 Å². The Morgan fingerprint density at radius 3 is 2.49 bits per heavy atom. The molecule has 186 valence electrons. The van der Waals surface area contributed by atoms with Crippen LogP contribution in [0.5, 0.6) is 0 Å². The molecule has 2 aromatic heterocycles. The largest absolute Gasteiger partial charge is 0.333 e. The second-order valence-electron chi connectivity index (χ2n) is 10.3. The third-order valence-corrected chi connectivity index (χ3v) is 8.62. The monoisotopic (exact) mass is 508 g/mol. The van der Waals surface area contributed by atoms with Crippen molar-refractivity contribution in [3.05, 3.63) is 79.7 Å². The van der Waals surface area contributed by atoms with Crippen LogP contribution in [0.15, 0.2) is 53.2 Å². The number of nitrogens with zero attached hydrogens (tertiary/aromatic N) is 2. The van der Waals surface area contributed by atoms with E-state index in [-0.39, 0.29) is 29.8 Å². The Kier molecular flexibility index (Phi) is 8.12. The maximum Gasteiger partial charge on any atom is 0.242 e. The minimum Gasteiger partial charge on any atom is -0.333 e. The van der Waals surface area contributed by atoms with Crippen molar-refractivity contribution in [3.8, 4) is 0 Å². The van der Waals surface area contributed by atoms with E-state index >= 15 is 0 Å². The number of thiophene rings is 2. The van der Waals surface area contributed by atoms with Crippen LogP contribution in [0.1, 0.15) is 73.0 Å². The summed E-state index contributed by atoms with van der Waals surface area (Å²) in [4.78, 5) is 33.1. The van der Waals surface area contributed by atoms with Gasteiger partial charge in [0.15, 0.2) is 0 Å². The van der Waals surface area contributed by atoms with Crippen molar-refractivity contribution in [3.63, 3.8) is 0 Å². The van der Waals surface area contributed by atoms with Crippen LogP contribution in [-0.2, 0) is 27.8 Å². The summed E-state index contributed by atoms with van der Waals surface area (Å²) < 4.78 is 0. The van der Waals surface area contributed by atoms with Gasteiger partial charge in [-0.1, -0.05) is 64.4 Å². The molecule has 6 heteroatoms.